The molecule has 1 saturated heterocycles. The minimum atomic E-state index is -0.241. The second-order valence-corrected chi connectivity index (χ2v) is 8.48. The van der Waals surface area contributed by atoms with Gasteiger partial charge in [-0.25, -0.2) is 4.39 Å². The van der Waals surface area contributed by atoms with Gasteiger partial charge < -0.3 is 14.7 Å². The fourth-order valence-corrected chi connectivity index (χ4v) is 4.60. The van der Waals surface area contributed by atoms with Crippen LogP contribution in [0.15, 0.2) is 48.5 Å². The monoisotopic (exact) mass is 423 g/mol. The lowest BCUT2D eigenvalue weighted by atomic mass is 9.96. The molecule has 2 aromatic carbocycles. The third-order valence-electron chi connectivity index (χ3n) is 6.40. The number of fused-ring (bicyclic) bond motifs is 1. The Labute approximate surface area is 183 Å². The molecular weight excluding hydrogens is 393 g/mol. The highest BCUT2D eigenvalue weighted by Gasteiger charge is 2.28. The van der Waals surface area contributed by atoms with E-state index in [2.05, 4.69) is 17.9 Å². The molecule has 2 aromatic rings. The summed E-state index contributed by atoms with van der Waals surface area (Å²) in [5.74, 6) is -0.0261. The second-order valence-electron chi connectivity index (χ2n) is 8.48. The molecular formula is C25H30FN3O2. The number of carbonyl (C=O) groups excluding carboxylic acids is 2. The number of nitrogens with zero attached hydrogens (tertiary/aromatic N) is 3. The third-order valence-corrected chi connectivity index (χ3v) is 6.40. The van der Waals surface area contributed by atoms with Gasteiger partial charge in [0.05, 0.1) is 0 Å². The minimum absolute atomic E-state index is 0.105. The maximum Gasteiger partial charge on any atom is 0.227 e. The van der Waals surface area contributed by atoms with Gasteiger partial charge in [0.25, 0.3) is 0 Å². The molecule has 6 heteroatoms. The molecule has 164 valence electrons. The van der Waals surface area contributed by atoms with E-state index in [-0.39, 0.29) is 23.7 Å². The van der Waals surface area contributed by atoms with Gasteiger partial charge in [-0.05, 0) is 62.1 Å². The number of aryl methyl sites for hydroxylation is 1. The predicted octanol–water partition coefficient (Wildman–Crippen LogP) is 4.01. The van der Waals surface area contributed by atoms with Crippen molar-refractivity contribution in [2.45, 2.75) is 45.1 Å². The molecule has 0 N–H and O–H groups in total. The molecule has 2 heterocycles. The van der Waals surface area contributed by atoms with Gasteiger partial charge in [-0.2, -0.15) is 0 Å². The van der Waals surface area contributed by atoms with Crippen LogP contribution in [0.3, 0.4) is 0 Å². The van der Waals surface area contributed by atoms with Crippen molar-refractivity contribution in [1.82, 2.24) is 4.90 Å². The molecule has 5 nitrogen and oxygen atoms in total. The fourth-order valence-electron chi connectivity index (χ4n) is 4.60. The first-order valence-electron chi connectivity index (χ1n) is 11.2. The second kappa shape index (κ2) is 9.50. The number of amides is 2. The van der Waals surface area contributed by atoms with Gasteiger partial charge in [-0.1, -0.05) is 18.2 Å². The molecule has 4 rings (SSSR count). The molecule has 2 amide bonds. The minimum Gasteiger partial charge on any atom is -0.368 e. The van der Waals surface area contributed by atoms with Gasteiger partial charge in [0.2, 0.25) is 11.8 Å². The lowest BCUT2D eigenvalue weighted by Gasteiger charge is -2.36. The van der Waals surface area contributed by atoms with Crippen LogP contribution < -0.4 is 9.80 Å². The maximum absolute atomic E-state index is 13.1. The van der Waals surface area contributed by atoms with Crippen molar-refractivity contribution in [3.8, 4) is 0 Å². The number of hydrogen-bond donors (Lipinski definition) is 0. The van der Waals surface area contributed by atoms with Gasteiger partial charge >= 0.3 is 0 Å². The Kier molecular flexibility index (Phi) is 6.54. The summed E-state index contributed by atoms with van der Waals surface area (Å²) in [6.45, 7) is 4.87. The molecule has 0 aromatic heterocycles. The van der Waals surface area contributed by atoms with Crippen LogP contribution in [0.2, 0.25) is 0 Å². The number of carbonyl (C=O) groups is 2. The summed E-state index contributed by atoms with van der Waals surface area (Å²) in [4.78, 5) is 31.5. The summed E-state index contributed by atoms with van der Waals surface area (Å²) in [6, 6.07) is 14.8. The molecule has 1 fully saturated rings. The van der Waals surface area contributed by atoms with E-state index in [0.29, 0.717) is 32.4 Å². The van der Waals surface area contributed by atoms with Crippen LogP contribution in [0, 0.1) is 5.82 Å². The Hall–Kier alpha value is -2.89. The van der Waals surface area contributed by atoms with E-state index in [1.54, 1.807) is 12.1 Å². The number of piperazine rings is 1. The van der Waals surface area contributed by atoms with Crippen LogP contribution in [0.25, 0.3) is 0 Å². The summed E-state index contributed by atoms with van der Waals surface area (Å²) in [7, 11) is 0. The summed E-state index contributed by atoms with van der Waals surface area (Å²) < 4.78 is 13.1. The maximum atomic E-state index is 13.1. The van der Waals surface area contributed by atoms with Crippen LogP contribution in [0.1, 0.15) is 38.2 Å². The topological polar surface area (TPSA) is 43.9 Å². The molecule has 2 aliphatic rings. The van der Waals surface area contributed by atoms with Crippen LogP contribution in [-0.4, -0.2) is 48.9 Å². The Morgan fingerprint density at radius 2 is 1.61 bits per heavy atom. The molecule has 0 spiro atoms. The molecule has 0 radical (unpaired) electrons. The number of benzene rings is 2. The van der Waals surface area contributed by atoms with Crippen molar-refractivity contribution in [3.63, 3.8) is 0 Å². The Bertz CT molecular complexity index is 923. The average molecular weight is 424 g/mol. The van der Waals surface area contributed by atoms with Gasteiger partial charge in [0.1, 0.15) is 5.82 Å². The largest absolute Gasteiger partial charge is 0.368 e. The lowest BCUT2D eigenvalue weighted by Crippen LogP contribution is -2.48. The standard InChI is InChI=1S/C25H30FN3O2/c1-19-9-10-20-5-2-3-6-23(20)29(19)25(31)8-4-7-24(30)28-17-15-27(16-18-28)22-13-11-21(26)12-14-22/h2-3,5-6,11-14,19H,4,7-10,15-18H2,1H3/t19-/m0/s1. The van der Waals surface area contributed by atoms with E-state index in [9.17, 15) is 14.0 Å². The van der Waals surface area contributed by atoms with E-state index in [1.807, 2.05) is 28.0 Å². The number of hydrogen-bond acceptors (Lipinski definition) is 3. The predicted molar refractivity (Wildman–Crippen MR) is 121 cm³/mol. The molecule has 31 heavy (non-hydrogen) atoms. The van der Waals surface area contributed by atoms with Crippen LogP contribution in [0.5, 0.6) is 0 Å². The summed E-state index contributed by atoms with van der Waals surface area (Å²) >= 11 is 0. The van der Waals surface area contributed by atoms with E-state index in [0.717, 1.165) is 37.3 Å². The zero-order chi connectivity index (χ0) is 21.8. The number of para-hydroxylation sites is 1. The molecule has 0 unspecified atom stereocenters. The fraction of sp³-hybridized carbons (Fsp3) is 0.440. The first kappa shape index (κ1) is 21.3. The van der Waals surface area contributed by atoms with Crippen LogP contribution in [-0.2, 0) is 16.0 Å². The van der Waals surface area contributed by atoms with E-state index in [1.165, 1.54) is 17.7 Å². The van der Waals surface area contributed by atoms with Crippen molar-refractivity contribution in [1.29, 1.82) is 0 Å². The summed E-state index contributed by atoms with van der Waals surface area (Å²) in [5, 5.41) is 0. The van der Waals surface area contributed by atoms with Crippen molar-refractivity contribution in [3.05, 3.63) is 59.9 Å². The van der Waals surface area contributed by atoms with Gasteiger partial charge in [0.15, 0.2) is 0 Å². The average Bonchev–Trinajstić information content (AvgIpc) is 2.79. The first-order valence-corrected chi connectivity index (χ1v) is 11.2. The Morgan fingerprint density at radius 3 is 2.35 bits per heavy atom. The van der Waals surface area contributed by atoms with Gasteiger partial charge in [-0.3, -0.25) is 9.59 Å². The van der Waals surface area contributed by atoms with Gasteiger partial charge in [0, 0.05) is 56.4 Å². The zero-order valence-electron chi connectivity index (χ0n) is 18.1. The van der Waals surface area contributed by atoms with Crippen molar-refractivity contribution < 1.29 is 14.0 Å². The van der Waals surface area contributed by atoms with Crippen molar-refractivity contribution in [2.75, 3.05) is 36.0 Å². The Balaban J connectivity index is 1.24. The molecule has 0 aliphatic carbocycles. The highest BCUT2D eigenvalue weighted by atomic mass is 19.1. The highest BCUT2D eigenvalue weighted by Crippen LogP contribution is 2.31. The van der Waals surface area contributed by atoms with Gasteiger partial charge in [-0.15, -0.1) is 0 Å². The number of rotatable bonds is 5. The third kappa shape index (κ3) is 4.89. The van der Waals surface area contributed by atoms with Crippen molar-refractivity contribution in [2.24, 2.45) is 0 Å². The number of anilines is 2. The van der Waals surface area contributed by atoms with E-state index in [4.69, 9.17) is 0 Å². The van der Waals surface area contributed by atoms with Crippen LogP contribution in [0.4, 0.5) is 15.8 Å². The van der Waals surface area contributed by atoms with Crippen LogP contribution >= 0.6 is 0 Å². The van der Waals surface area contributed by atoms with E-state index < -0.39 is 0 Å². The lowest BCUT2D eigenvalue weighted by molar-refractivity contribution is -0.131. The summed E-state index contributed by atoms with van der Waals surface area (Å²) in [6.07, 6.45) is 3.33. The zero-order valence-corrected chi connectivity index (χ0v) is 18.1. The molecule has 1 atom stereocenters. The quantitative estimate of drug-likeness (QED) is 0.730. The Morgan fingerprint density at radius 1 is 0.935 bits per heavy atom. The first-order chi connectivity index (χ1) is 15.0. The molecule has 0 saturated carbocycles. The highest BCUT2D eigenvalue weighted by molar-refractivity contribution is 5.95. The molecule has 0 bridgehead atoms. The van der Waals surface area contributed by atoms with Crippen molar-refractivity contribution >= 4 is 23.2 Å². The van der Waals surface area contributed by atoms with E-state index >= 15 is 0 Å². The molecule has 2 aliphatic heterocycles. The normalized spacial score (nSPS) is 18.6. The SMILES string of the molecule is C[C@H]1CCc2ccccc2N1C(=O)CCCC(=O)N1CCN(c2ccc(F)cc2)CC1. The number of halogens is 1. The summed E-state index contributed by atoms with van der Waals surface area (Å²) in [5.41, 5.74) is 3.23. The smallest absolute Gasteiger partial charge is 0.227 e.